The van der Waals surface area contributed by atoms with Crippen molar-refractivity contribution < 1.29 is 19.1 Å². The molecular formula is C40H46N6O4. The summed E-state index contributed by atoms with van der Waals surface area (Å²) in [6.45, 7) is 4.22. The maximum absolute atomic E-state index is 12.9. The highest BCUT2D eigenvalue weighted by Crippen LogP contribution is 2.32. The van der Waals surface area contributed by atoms with E-state index >= 15 is 0 Å². The maximum atomic E-state index is 12.9. The van der Waals surface area contributed by atoms with E-state index in [2.05, 4.69) is 46.4 Å². The Morgan fingerprint density at radius 1 is 0.620 bits per heavy atom. The second kappa shape index (κ2) is 14.7. The number of Topliss-reactive ketones (excluding diaryl/α,β-unsaturated/α-hetero) is 2. The molecule has 0 saturated heterocycles. The molecule has 0 amide bonds. The van der Waals surface area contributed by atoms with Gasteiger partial charge in [-0.3, -0.25) is 18.4 Å². The molecular weight excluding hydrogens is 628 g/mol. The lowest BCUT2D eigenvalue weighted by atomic mass is 9.82. The smallest absolute Gasteiger partial charge is 0.165 e. The van der Waals surface area contributed by atoms with Gasteiger partial charge in [-0.1, -0.05) is 13.8 Å². The minimum Gasteiger partial charge on any atom is -0.381 e. The highest BCUT2D eigenvalue weighted by molar-refractivity contribution is 6.02. The molecule has 10 nitrogen and oxygen atoms in total. The van der Waals surface area contributed by atoms with Crippen LogP contribution in [0.5, 0.6) is 0 Å². The zero-order chi connectivity index (χ0) is 34.8. The van der Waals surface area contributed by atoms with Gasteiger partial charge in [0.1, 0.15) is 12.7 Å². The van der Waals surface area contributed by atoms with Crippen LogP contribution >= 0.6 is 0 Å². The average Bonchev–Trinajstić information content (AvgIpc) is 3.88. The molecule has 2 aliphatic rings. The number of methoxy groups -OCH3 is 2. The Bertz CT molecular complexity index is 2000. The van der Waals surface area contributed by atoms with E-state index < -0.39 is 0 Å². The zero-order valence-corrected chi connectivity index (χ0v) is 29.5. The molecule has 10 heteroatoms. The molecule has 2 aromatic carbocycles. The summed E-state index contributed by atoms with van der Waals surface area (Å²) in [6.07, 6.45) is 13.4. The van der Waals surface area contributed by atoms with E-state index in [1.807, 2.05) is 45.2 Å². The van der Waals surface area contributed by atoms with E-state index in [-0.39, 0.29) is 23.4 Å². The quantitative estimate of drug-likeness (QED) is 0.151. The van der Waals surface area contributed by atoms with Crippen molar-refractivity contribution >= 4 is 44.7 Å². The van der Waals surface area contributed by atoms with Gasteiger partial charge in [-0.25, -0.2) is 0 Å². The Kier molecular flexibility index (Phi) is 10.0. The normalized spacial score (nSPS) is 21.0. The van der Waals surface area contributed by atoms with E-state index in [0.29, 0.717) is 12.2 Å². The number of fused-ring (bicyclic) bond motifs is 6. The number of aryl methyl sites for hydroxylation is 2. The average molecular weight is 675 g/mol. The van der Waals surface area contributed by atoms with E-state index in [9.17, 15) is 9.59 Å². The maximum Gasteiger partial charge on any atom is 0.165 e. The van der Waals surface area contributed by atoms with E-state index in [0.717, 1.165) is 120 Å². The van der Waals surface area contributed by atoms with Crippen molar-refractivity contribution in [2.45, 2.75) is 90.3 Å². The molecule has 4 heterocycles. The molecule has 0 spiro atoms. The molecule has 50 heavy (non-hydrogen) atoms. The summed E-state index contributed by atoms with van der Waals surface area (Å²) in [6, 6.07) is 16.2. The predicted molar refractivity (Wildman–Crippen MR) is 194 cm³/mol. The van der Waals surface area contributed by atoms with E-state index in [4.69, 9.17) is 9.47 Å². The van der Waals surface area contributed by atoms with Gasteiger partial charge in [0.05, 0.1) is 23.2 Å². The van der Waals surface area contributed by atoms with Gasteiger partial charge in [-0.05, 0) is 135 Å². The first-order valence-electron chi connectivity index (χ1n) is 18.1. The van der Waals surface area contributed by atoms with Crippen molar-refractivity contribution in [3.05, 3.63) is 83.4 Å². The number of rotatable bonds is 8. The first-order valence-corrected chi connectivity index (χ1v) is 18.1. The first kappa shape index (κ1) is 33.9. The van der Waals surface area contributed by atoms with Crippen LogP contribution in [0, 0.1) is 11.8 Å². The summed E-state index contributed by atoms with van der Waals surface area (Å²) in [4.78, 5) is 25.9. The number of aromatic nitrogens is 6. The Labute approximate surface area is 292 Å². The fourth-order valence-corrected chi connectivity index (χ4v) is 7.96. The summed E-state index contributed by atoms with van der Waals surface area (Å²) in [5.74, 6) is 0.762. The monoisotopic (exact) mass is 674 g/mol. The number of ether oxygens (including phenoxy) is 2. The highest BCUT2D eigenvalue weighted by atomic mass is 16.5. The lowest BCUT2D eigenvalue weighted by Crippen LogP contribution is -2.25. The van der Waals surface area contributed by atoms with E-state index in [1.165, 1.54) is 0 Å². The minimum absolute atomic E-state index is 0.119. The molecule has 2 aliphatic carbocycles. The van der Waals surface area contributed by atoms with Gasteiger partial charge in [-0.2, -0.15) is 0 Å². The molecule has 2 fully saturated rings. The second-order valence-electron chi connectivity index (χ2n) is 13.8. The molecule has 4 aromatic heterocycles. The van der Waals surface area contributed by atoms with Crippen molar-refractivity contribution in [2.24, 2.45) is 11.8 Å². The van der Waals surface area contributed by atoms with Crippen LogP contribution in [0.15, 0.2) is 61.2 Å². The Balaban J connectivity index is 0.000000157. The Morgan fingerprint density at radius 2 is 1.02 bits per heavy atom. The van der Waals surface area contributed by atoms with Crippen molar-refractivity contribution in [3.8, 4) is 0 Å². The predicted octanol–water partition coefficient (Wildman–Crippen LogP) is 7.67. The third-order valence-electron chi connectivity index (χ3n) is 11.0. The number of benzene rings is 2. The second-order valence-corrected chi connectivity index (χ2v) is 13.8. The summed E-state index contributed by atoms with van der Waals surface area (Å²) in [5, 5.41) is 18.7. The molecule has 0 N–H and O–H groups in total. The Hall–Kier alpha value is -4.54. The van der Waals surface area contributed by atoms with Crippen molar-refractivity contribution in [2.75, 3.05) is 14.2 Å². The molecule has 260 valence electrons. The molecule has 2 saturated carbocycles. The molecule has 0 atom stereocenters. The van der Waals surface area contributed by atoms with Crippen LogP contribution in [0.1, 0.15) is 97.1 Å². The zero-order valence-electron chi connectivity index (χ0n) is 29.5. The fourth-order valence-electron chi connectivity index (χ4n) is 7.96. The Morgan fingerprint density at radius 3 is 1.38 bits per heavy atom. The van der Waals surface area contributed by atoms with Gasteiger partial charge in [0.25, 0.3) is 0 Å². The minimum atomic E-state index is 0.119. The number of pyridine rings is 2. The number of hydrogen-bond acceptors (Lipinski definition) is 8. The molecule has 8 rings (SSSR count). The van der Waals surface area contributed by atoms with Crippen LogP contribution in [0.4, 0.5) is 0 Å². The number of carbonyl (C=O) groups is 2. The van der Waals surface area contributed by atoms with E-state index in [1.54, 1.807) is 26.9 Å². The molecule has 0 bridgehead atoms. The molecule has 6 aromatic rings. The van der Waals surface area contributed by atoms with Gasteiger partial charge in [0, 0.05) is 37.2 Å². The van der Waals surface area contributed by atoms with Crippen LogP contribution in [0.3, 0.4) is 0 Å². The van der Waals surface area contributed by atoms with Crippen molar-refractivity contribution in [1.82, 2.24) is 29.2 Å². The molecule has 0 aliphatic heterocycles. The summed E-state index contributed by atoms with van der Waals surface area (Å²) >= 11 is 0. The van der Waals surface area contributed by atoms with Crippen LogP contribution in [-0.2, 0) is 22.3 Å². The van der Waals surface area contributed by atoms with Gasteiger partial charge in [-0.15, -0.1) is 20.4 Å². The standard InChI is InChI=1S/2C20H23N3O2/c2*1-3-13-10-16-11-15(6-9-18(16)23-12-21-22-20(13)23)19(24)14-4-7-17(25-2)8-5-14/h2*6,9-12,14,17H,3-5,7-8H2,1-2H3. The number of carbonyl (C=O) groups excluding carboxylic acids is 2. The van der Waals surface area contributed by atoms with Gasteiger partial charge < -0.3 is 9.47 Å². The summed E-state index contributed by atoms with van der Waals surface area (Å²) in [5.41, 5.74) is 7.78. The largest absolute Gasteiger partial charge is 0.381 e. The van der Waals surface area contributed by atoms with Gasteiger partial charge in [0.2, 0.25) is 0 Å². The summed E-state index contributed by atoms with van der Waals surface area (Å²) < 4.78 is 14.8. The summed E-state index contributed by atoms with van der Waals surface area (Å²) in [7, 11) is 3.51. The van der Waals surface area contributed by atoms with Gasteiger partial charge >= 0.3 is 0 Å². The molecule has 0 radical (unpaired) electrons. The fraction of sp³-hybridized carbons (Fsp3) is 0.450. The number of hydrogen-bond donors (Lipinski definition) is 0. The van der Waals surface area contributed by atoms with Crippen LogP contribution in [0.2, 0.25) is 0 Å². The number of nitrogens with zero attached hydrogens (tertiary/aromatic N) is 6. The lowest BCUT2D eigenvalue weighted by molar-refractivity contribution is 0.0515. The van der Waals surface area contributed by atoms with Crippen LogP contribution in [0.25, 0.3) is 33.1 Å². The van der Waals surface area contributed by atoms with Crippen molar-refractivity contribution in [3.63, 3.8) is 0 Å². The first-order chi connectivity index (χ1) is 24.4. The third kappa shape index (κ3) is 6.54. The SMILES string of the molecule is CCc1cc2cc(C(=O)C3CCC(OC)CC3)ccc2n2cnnc12.CCc1cc2cc(C(=O)C3CCC(OC)CC3)ccc2n2cnnc12. The van der Waals surface area contributed by atoms with Crippen LogP contribution < -0.4 is 0 Å². The number of ketones is 2. The highest BCUT2D eigenvalue weighted by Gasteiger charge is 2.28. The van der Waals surface area contributed by atoms with Crippen LogP contribution in [-0.4, -0.2) is 67.2 Å². The van der Waals surface area contributed by atoms with Crippen molar-refractivity contribution in [1.29, 1.82) is 0 Å². The lowest BCUT2D eigenvalue weighted by Gasteiger charge is -2.26. The van der Waals surface area contributed by atoms with Gasteiger partial charge in [0.15, 0.2) is 22.9 Å². The third-order valence-corrected chi connectivity index (χ3v) is 11.0. The topological polar surface area (TPSA) is 113 Å². The molecule has 0 unspecified atom stereocenters.